The van der Waals surface area contributed by atoms with E-state index in [1.807, 2.05) is 10.8 Å². The van der Waals surface area contributed by atoms with Gasteiger partial charge in [-0.25, -0.2) is 4.98 Å². The van der Waals surface area contributed by atoms with Crippen LogP contribution in [0.4, 0.5) is 0 Å². The summed E-state index contributed by atoms with van der Waals surface area (Å²) in [5, 5.41) is 19.7. The largest absolute Gasteiger partial charge is 0.503 e. The highest BCUT2D eigenvalue weighted by Crippen LogP contribution is 2.28. The summed E-state index contributed by atoms with van der Waals surface area (Å²) in [4.78, 5) is 17.8. The fourth-order valence-electron chi connectivity index (χ4n) is 2.92. The number of imidazole rings is 1. The molecule has 1 aliphatic rings. The van der Waals surface area contributed by atoms with Crippen LogP contribution in [0.2, 0.25) is 0 Å². The Labute approximate surface area is 131 Å². The number of aliphatic hydroxyl groups excluding tert-OH is 2. The first kappa shape index (κ1) is 16.5. The van der Waals surface area contributed by atoms with E-state index in [1.165, 1.54) is 0 Å². The van der Waals surface area contributed by atoms with Crippen molar-refractivity contribution in [2.45, 2.75) is 51.6 Å². The fraction of sp³-hybridized carbons (Fsp3) is 0.625. The van der Waals surface area contributed by atoms with Crippen molar-refractivity contribution in [1.82, 2.24) is 14.5 Å². The lowest BCUT2D eigenvalue weighted by Crippen LogP contribution is -2.39. The van der Waals surface area contributed by atoms with Gasteiger partial charge in [0.2, 0.25) is 0 Å². The summed E-state index contributed by atoms with van der Waals surface area (Å²) in [6.45, 7) is 3.25. The summed E-state index contributed by atoms with van der Waals surface area (Å²) in [7, 11) is 0. The highest BCUT2D eigenvalue weighted by molar-refractivity contribution is 5.95. The van der Waals surface area contributed by atoms with Crippen LogP contribution < -0.4 is 0 Å². The maximum absolute atomic E-state index is 12.2. The van der Waals surface area contributed by atoms with Crippen molar-refractivity contribution in [3.63, 3.8) is 0 Å². The predicted molar refractivity (Wildman–Crippen MR) is 83.2 cm³/mol. The van der Waals surface area contributed by atoms with Crippen molar-refractivity contribution in [3.8, 4) is 0 Å². The van der Waals surface area contributed by atoms with Crippen LogP contribution in [0.25, 0.3) is 0 Å². The lowest BCUT2D eigenvalue weighted by atomic mass is 10.0. The summed E-state index contributed by atoms with van der Waals surface area (Å²) in [6.07, 6.45) is 9.84. The van der Waals surface area contributed by atoms with Crippen molar-refractivity contribution < 1.29 is 15.0 Å². The zero-order valence-electron chi connectivity index (χ0n) is 13.1. The van der Waals surface area contributed by atoms with E-state index in [2.05, 4.69) is 11.9 Å². The number of aryl methyl sites for hydroxylation is 1. The Morgan fingerprint density at radius 3 is 2.73 bits per heavy atom. The van der Waals surface area contributed by atoms with Gasteiger partial charge in [-0.2, -0.15) is 0 Å². The quantitative estimate of drug-likeness (QED) is 0.683. The molecule has 1 aromatic heterocycles. The van der Waals surface area contributed by atoms with E-state index in [1.54, 1.807) is 17.4 Å². The first-order valence-corrected chi connectivity index (χ1v) is 7.98. The Balaban J connectivity index is 1.92. The number of rotatable bonds is 9. The van der Waals surface area contributed by atoms with Crippen LogP contribution in [-0.4, -0.2) is 49.8 Å². The van der Waals surface area contributed by atoms with Crippen molar-refractivity contribution in [1.29, 1.82) is 0 Å². The van der Waals surface area contributed by atoms with E-state index in [0.29, 0.717) is 18.5 Å². The Kier molecular flexibility index (Phi) is 6.00. The molecule has 22 heavy (non-hydrogen) atoms. The van der Waals surface area contributed by atoms with Crippen LogP contribution in [0.3, 0.4) is 0 Å². The molecule has 0 radical (unpaired) electrons. The van der Waals surface area contributed by atoms with Crippen LogP contribution in [-0.2, 0) is 11.3 Å². The summed E-state index contributed by atoms with van der Waals surface area (Å²) in [6, 6.07) is -0.368. The predicted octanol–water partition coefficient (Wildman–Crippen LogP) is 1.87. The third-order valence-corrected chi connectivity index (χ3v) is 4.14. The van der Waals surface area contributed by atoms with Gasteiger partial charge in [0.1, 0.15) is 0 Å². The SMILES string of the molecule is CCCCCC1=C(O)C(=O)N(CCCn2ccnc2)C1CO. The highest BCUT2D eigenvalue weighted by atomic mass is 16.3. The smallest absolute Gasteiger partial charge is 0.289 e. The second kappa shape index (κ2) is 7.98. The zero-order chi connectivity index (χ0) is 15.9. The molecular weight excluding hydrogens is 282 g/mol. The van der Waals surface area contributed by atoms with Crippen molar-refractivity contribution >= 4 is 5.91 Å². The third-order valence-electron chi connectivity index (χ3n) is 4.14. The van der Waals surface area contributed by atoms with Gasteiger partial charge in [-0.05, 0) is 19.3 Å². The van der Waals surface area contributed by atoms with Gasteiger partial charge in [0.25, 0.3) is 5.91 Å². The van der Waals surface area contributed by atoms with Gasteiger partial charge >= 0.3 is 0 Å². The van der Waals surface area contributed by atoms with Gasteiger partial charge in [0.15, 0.2) is 5.76 Å². The summed E-state index contributed by atoms with van der Waals surface area (Å²) in [5.41, 5.74) is 0.698. The molecule has 1 aromatic rings. The number of nitrogens with zero attached hydrogens (tertiary/aromatic N) is 3. The fourth-order valence-corrected chi connectivity index (χ4v) is 2.92. The molecule has 0 saturated heterocycles. The molecule has 0 fully saturated rings. The number of carbonyl (C=O) groups excluding carboxylic acids is 1. The zero-order valence-corrected chi connectivity index (χ0v) is 13.1. The van der Waals surface area contributed by atoms with E-state index >= 15 is 0 Å². The Morgan fingerprint density at radius 2 is 2.09 bits per heavy atom. The van der Waals surface area contributed by atoms with E-state index in [9.17, 15) is 15.0 Å². The van der Waals surface area contributed by atoms with Crippen LogP contribution in [0, 0.1) is 0 Å². The first-order chi connectivity index (χ1) is 10.7. The Bertz CT molecular complexity index is 511. The average molecular weight is 307 g/mol. The molecule has 1 unspecified atom stereocenters. The molecule has 1 atom stereocenters. The van der Waals surface area contributed by atoms with Crippen LogP contribution in [0.1, 0.15) is 39.0 Å². The maximum Gasteiger partial charge on any atom is 0.289 e. The van der Waals surface area contributed by atoms with Crippen molar-refractivity contribution in [2.24, 2.45) is 0 Å². The van der Waals surface area contributed by atoms with E-state index in [-0.39, 0.29) is 24.3 Å². The Morgan fingerprint density at radius 1 is 1.27 bits per heavy atom. The molecule has 0 bridgehead atoms. The van der Waals surface area contributed by atoms with Gasteiger partial charge in [-0.1, -0.05) is 19.8 Å². The van der Waals surface area contributed by atoms with E-state index in [4.69, 9.17) is 0 Å². The first-order valence-electron chi connectivity index (χ1n) is 7.98. The number of unbranched alkanes of at least 4 members (excludes halogenated alkanes) is 2. The molecule has 0 aromatic carbocycles. The highest BCUT2D eigenvalue weighted by Gasteiger charge is 2.37. The summed E-state index contributed by atoms with van der Waals surface area (Å²) >= 11 is 0. The number of hydrogen-bond donors (Lipinski definition) is 2. The maximum atomic E-state index is 12.2. The average Bonchev–Trinajstić information content (AvgIpc) is 3.11. The van der Waals surface area contributed by atoms with Crippen molar-refractivity contribution in [3.05, 3.63) is 30.1 Å². The number of carbonyl (C=O) groups is 1. The monoisotopic (exact) mass is 307 g/mol. The number of hydrogen-bond acceptors (Lipinski definition) is 4. The van der Waals surface area contributed by atoms with Crippen LogP contribution in [0.5, 0.6) is 0 Å². The number of aromatic nitrogens is 2. The van der Waals surface area contributed by atoms with Gasteiger partial charge < -0.3 is 19.7 Å². The topological polar surface area (TPSA) is 78.6 Å². The molecule has 2 N–H and O–H groups in total. The summed E-state index contributed by atoms with van der Waals surface area (Å²) < 4.78 is 1.95. The molecular formula is C16H25N3O3. The normalized spacial score (nSPS) is 18.5. The summed E-state index contributed by atoms with van der Waals surface area (Å²) in [5.74, 6) is -0.506. The van der Waals surface area contributed by atoms with Crippen LogP contribution >= 0.6 is 0 Å². The van der Waals surface area contributed by atoms with E-state index in [0.717, 1.165) is 32.2 Å². The standard InChI is InChI=1S/C16H25N3O3/c1-2-3-4-6-13-14(11-20)19(16(22)15(13)21)9-5-8-18-10-7-17-12-18/h7,10,12,14,20-21H,2-6,8-9,11H2,1H3. The molecule has 1 aliphatic heterocycles. The second-order valence-electron chi connectivity index (χ2n) is 5.68. The molecule has 0 saturated carbocycles. The molecule has 0 aliphatic carbocycles. The van der Waals surface area contributed by atoms with Gasteiger partial charge in [-0.15, -0.1) is 0 Å². The molecule has 2 rings (SSSR count). The van der Waals surface area contributed by atoms with Gasteiger partial charge in [-0.3, -0.25) is 4.79 Å². The lowest BCUT2D eigenvalue weighted by molar-refractivity contribution is -0.130. The Hall–Kier alpha value is -1.82. The minimum absolute atomic E-state index is 0.137. The molecule has 0 spiro atoms. The molecule has 2 heterocycles. The minimum Gasteiger partial charge on any atom is -0.503 e. The number of amides is 1. The third kappa shape index (κ3) is 3.68. The second-order valence-corrected chi connectivity index (χ2v) is 5.68. The molecule has 1 amide bonds. The van der Waals surface area contributed by atoms with Crippen LogP contribution in [0.15, 0.2) is 30.1 Å². The molecule has 122 valence electrons. The molecule has 6 heteroatoms. The molecule has 6 nitrogen and oxygen atoms in total. The minimum atomic E-state index is -0.368. The van der Waals surface area contributed by atoms with Gasteiger partial charge in [0.05, 0.1) is 19.0 Å². The number of aliphatic hydroxyl groups is 2. The van der Waals surface area contributed by atoms with E-state index < -0.39 is 0 Å². The van der Waals surface area contributed by atoms with Gasteiger partial charge in [0, 0.05) is 31.1 Å². The van der Waals surface area contributed by atoms with Crippen molar-refractivity contribution in [2.75, 3.05) is 13.2 Å². The lowest BCUT2D eigenvalue weighted by Gasteiger charge is -2.25.